The van der Waals surface area contributed by atoms with Gasteiger partial charge in [0.15, 0.2) is 11.5 Å². The molecule has 1 heterocycles. The Balaban J connectivity index is 0.00000363. The minimum Gasteiger partial charge on any atom is -1.00 e. The van der Waals surface area contributed by atoms with Crippen LogP contribution in [0.4, 0.5) is 5.69 Å². The molecule has 0 spiro atoms. The van der Waals surface area contributed by atoms with Gasteiger partial charge in [-0.15, -0.1) is 0 Å². The monoisotopic (exact) mass is 637 g/mol. The molecule has 0 unspecified atom stereocenters. The SMILES string of the molecule is CCOc1cc([C@@H](C[S@](C)(=N)=O)N2C(=O)c3cc(Br)cc([NH+]=O)c3C2=O)ccc1OC.[I-]. The van der Waals surface area contributed by atoms with E-state index in [-0.39, 0.29) is 46.5 Å². The second-order valence-electron chi connectivity index (χ2n) is 6.99. The van der Waals surface area contributed by atoms with E-state index in [1.165, 1.54) is 25.5 Å². The van der Waals surface area contributed by atoms with Crippen LogP contribution in [0.3, 0.4) is 0 Å². The molecule has 0 aliphatic carbocycles. The van der Waals surface area contributed by atoms with E-state index in [0.717, 1.165) is 4.90 Å². The summed E-state index contributed by atoms with van der Waals surface area (Å²) < 4.78 is 31.7. The fraction of sp³-hybridized carbons (Fsp3) is 0.300. The highest BCUT2D eigenvalue weighted by atomic mass is 127. The number of rotatable bonds is 8. The third kappa shape index (κ3) is 5.12. The number of carbonyl (C=O) groups is 2. The van der Waals surface area contributed by atoms with Crippen molar-refractivity contribution in [1.29, 1.82) is 4.78 Å². The molecule has 2 aromatic carbocycles. The lowest BCUT2D eigenvalue weighted by Crippen LogP contribution is -3.00. The van der Waals surface area contributed by atoms with E-state index < -0.39 is 27.6 Å². The number of carbonyl (C=O) groups excluding carboxylic acids is 2. The Morgan fingerprint density at radius 2 is 1.88 bits per heavy atom. The number of imide groups is 1. The number of benzene rings is 2. The van der Waals surface area contributed by atoms with E-state index in [2.05, 4.69) is 15.9 Å². The van der Waals surface area contributed by atoms with Crippen molar-refractivity contribution < 1.29 is 52.4 Å². The number of fused-ring (bicyclic) bond motifs is 1. The van der Waals surface area contributed by atoms with Gasteiger partial charge < -0.3 is 33.5 Å². The maximum Gasteiger partial charge on any atom is 0.269 e. The molecule has 3 rings (SSSR count). The number of nitrogens with zero attached hydrogens (tertiary/aromatic N) is 1. The second kappa shape index (κ2) is 10.3. The number of ether oxygens (including phenoxy) is 2. The summed E-state index contributed by atoms with van der Waals surface area (Å²) in [6.07, 6.45) is 1.24. The van der Waals surface area contributed by atoms with Crippen molar-refractivity contribution in [2.45, 2.75) is 13.0 Å². The molecular formula is C20H21BrIN3O6S. The lowest BCUT2D eigenvalue weighted by atomic mass is 10.1. The number of methoxy groups -OCH3 is 1. The molecule has 32 heavy (non-hydrogen) atoms. The summed E-state index contributed by atoms with van der Waals surface area (Å²) in [5, 5.41) is 1.70. The van der Waals surface area contributed by atoms with Gasteiger partial charge in [-0.25, -0.2) is 0 Å². The third-order valence-electron chi connectivity index (χ3n) is 4.75. The summed E-state index contributed by atoms with van der Waals surface area (Å²) in [5.41, 5.74) is 0.404. The standard InChI is InChI=1S/C20H20BrN3O6S.HI/c1-4-30-17-7-11(5-6-16(17)29-2)15(10-31(3,22)28)24-19(25)13-8-12(21)9-14(23-27)18(13)20(24)26;/h5-9,15,22H,4,10H2,1-3H3;1H/t15-,31-;/m1./s1. The zero-order chi connectivity index (χ0) is 22.9. The molecule has 12 heteroatoms. The molecule has 0 aromatic heterocycles. The van der Waals surface area contributed by atoms with Crippen LogP contribution in [-0.2, 0) is 9.73 Å². The van der Waals surface area contributed by atoms with Crippen molar-refractivity contribution in [3.8, 4) is 11.5 Å². The minimum atomic E-state index is -3.11. The molecule has 0 radical (unpaired) electrons. The zero-order valence-electron chi connectivity index (χ0n) is 17.4. The number of halogens is 2. The molecule has 2 aromatic rings. The first-order chi connectivity index (χ1) is 14.6. The van der Waals surface area contributed by atoms with Crippen LogP contribution < -0.4 is 38.6 Å². The predicted octanol–water partition coefficient (Wildman–Crippen LogP) is -0.647. The molecule has 0 bridgehead atoms. The van der Waals surface area contributed by atoms with Crippen LogP contribution in [0.1, 0.15) is 39.2 Å². The molecular weight excluding hydrogens is 617 g/mol. The highest BCUT2D eigenvalue weighted by Crippen LogP contribution is 2.38. The smallest absolute Gasteiger partial charge is 0.269 e. The maximum atomic E-state index is 13.2. The summed E-state index contributed by atoms with van der Waals surface area (Å²) in [5.74, 6) is -0.774. The molecule has 9 nitrogen and oxygen atoms in total. The molecule has 1 aliphatic heterocycles. The highest BCUT2D eigenvalue weighted by Gasteiger charge is 2.45. The fourth-order valence-electron chi connectivity index (χ4n) is 3.50. The maximum absolute atomic E-state index is 13.2. The number of amides is 2. The molecule has 2 amide bonds. The lowest BCUT2D eigenvalue weighted by molar-refractivity contribution is -0.379. The van der Waals surface area contributed by atoms with Gasteiger partial charge in [0.2, 0.25) is 0 Å². The van der Waals surface area contributed by atoms with E-state index in [0.29, 0.717) is 28.1 Å². The Bertz CT molecular complexity index is 1190. The Labute approximate surface area is 210 Å². The van der Waals surface area contributed by atoms with Crippen molar-refractivity contribution in [1.82, 2.24) is 4.90 Å². The van der Waals surface area contributed by atoms with Gasteiger partial charge in [0.25, 0.3) is 17.5 Å². The average Bonchev–Trinajstić information content (AvgIpc) is 2.95. The van der Waals surface area contributed by atoms with Crippen LogP contribution in [0.15, 0.2) is 34.8 Å². The molecule has 172 valence electrons. The van der Waals surface area contributed by atoms with Gasteiger partial charge in [0, 0.05) is 36.6 Å². The van der Waals surface area contributed by atoms with Crippen molar-refractivity contribution >= 4 is 43.2 Å². The summed E-state index contributed by atoms with van der Waals surface area (Å²) in [6.45, 7) is 2.15. The highest BCUT2D eigenvalue weighted by molar-refractivity contribution is 9.10. The van der Waals surface area contributed by atoms with Crippen LogP contribution >= 0.6 is 15.9 Å². The van der Waals surface area contributed by atoms with Crippen LogP contribution in [0.2, 0.25) is 0 Å². The topological polar surface area (TPSA) is 128 Å². The first-order valence-electron chi connectivity index (χ1n) is 9.23. The molecule has 0 fully saturated rings. The van der Waals surface area contributed by atoms with Gasteiger partial charge in [-0.05, 0) is 30.7 Å². The average molecular weight is 638 g/mol. The Hall–Kier alpha value is -2.06. The quantitative estimate of drug-likeness (QED) is 0.293. The summed E-state index contributed by atoms with van der Waals surface area (Å²) in [4.78, 5) is 38.8. The van der Waals surface area contributed by atoms with E-state index in [9.17, 15) is 18.7 Å². The van der Waals surface area contributed by atoms with Gasteiger partial charge in [-0.2, -0.15) is 0 Å². The summed E-state index contributed by atoms with van der Waals surface area (Å²) in [7, 11) is -1.63. The first kappa shape index (κ1) is 26.2. The second-order valence-corrected chi connectivity index (χ2v) is 10.2. The van der Waals surface area contributed by atoms with Crippen LogP contribution in [0.5, 0.6) is 11.5 Å². The van der Waals surface area contributed by atoms with E-state index >= 15 is 0 Å². The van der Waals surface area contributed by atoms with E-state index in [4.69, 9.17) is 14.3 Å². The molecule has 2 atom stereocenters. The number of nitroso groups, excluding NO2 is 1. The van der Waals surface area contributed by atoms with Gasteiger partial charge in [-0.3, -0.25) is 23.5 Å². The normalized spacial score (nSPS) is 15.4. The van der Waals surface area contributed by atoms with Crippen molar-refractivity contribution in [2.24, 2.45) is 0 Å². The summed E-state index contributed by atoms with van der Waals surface area (Å²) >= 11 is 3.23. The minimum absolute atomic E-state index is 0. The number of hydrogen-bond donors (Lipinski definition) is 2. The van der Waals surface area contributed by atoms with E-state index in [1.54, 1.807) is 30.3 Å². The molecule has 1 aliphatic rings. The largest absolute Gasteiger partial charge is 1.00 e. The summed E-state index contributed by atoms with van der Waals surface area (Å²) in [6, 6.07) is 6.70. The number of hydrogen-bond acceptors (Lipinski definition) is 7. The Morgan fingerprint density at radius 3 is 2.44 bits per heavy atom. The number of nitrogens with one attached hydrogen (secondary N) is 2. The molecule has 0 saturated carbocycles. The van der Waals surface area contributed by atoms with Crippen molar-refractivity contribution in [3.63, 3.8) is 0 Å². The van der Waals surface area contributed by atoms with Crippen molar-refractivity contribution in [3.05, 3.63) is 56.4 Å². The van der Waals surface area contributed by atoms with Crippen LogP contribution in [-0.4, -0.2) is 46.6 Å². The van der Waals surface area contributed by atoms with Crippen molar-refractivity contribution in [2.75, 3.05) is 25.7 Å². The lowest BCUT2D eigenvalue weighted by Gasteiger charge is -2.27. The predicted molar refractivity (Wildman–Crippen MR) is 117 cm³/mol. The van der Waals surface area contributed by atoms with Gasteiger partial charge >= 0.3 is 0 Å². The van der Waals surface area contributed by atoms with Crippen LogP contribution in [0, 0.1) is 9.69 Å². The van der Waals surface area contributed by atoms with Crippen LogP contribution in [0.25, 0.3) is 0 Å². The van der Waals surface area contributed by atoms with Gasteiger partial charge in [-0.1, -0.05) is 22.0 Å². The molecule has 0 saturated heterocycles. The van der Waals surface area contributed by atoms with E-state index in [1.807, 2.05) is 0 Å². The van der Waals surface area contributed by atoms with Gasteiger partial charge in [0.05, 0.1) is 31.1 Å². The third-order valence-corrected chi connectivity index (χ3v) is 6.16. The van der Waals surface area contributed by atoms with Gasteiger partial charge in [0.1, 0.15) is 5.56 Å². The Morgan fingerprint density at radius 1 is 1.19 bits per heavy atom. The Kier molecular flexibility index (Phi) is 8.39. The fourth-order valence-corrected chi connectivity index (χ4v) is 4.90. The first-order valence-corrected chi connectivity index (χ1v) is 12.2. The molecule has 2 N–H and O–H groups in total. The zero-order valence-corrected chi connectivity index (χ0v) is 22.0.